The van der Waals surface area contributed by atoms with Crippen LogP contribution >= 0.6 is 23.1 Å². The Morgan fingerprint density at radius 3 is 2.30 bits per heavy atom. The molecule has 0 aliphatic heterocycles. The predicted molar refractivity (Wildman–Crippen MR) is 142 cm³/mol. The lowest BCUT2D eigenvalue weighted by Gasteiger charge is -2.20. The number of amides is 1. The molecule has 0 saturated carbocycles. The summed E-state index contributed by atoms with van der Waals surface area (Å²) < 4.78 is 0. The van der Waals surface area contributed by atoms with Gasteiger partial charge in [0.25, 0.3) is 0 Å². The van der Waals surface area contributed by atoms with Gasteiger partial charge in [0, 0.05) is 16.6 Å². The highest BCUT2D eigenvalue weighted by Gasteiger charge is 2.18. The molecular formula is C27H29N3OS2. The van der Waals surface area contributed by atoms with Crippen LogP contribution in [0.4, 0.5) is 5.69 Å². The second-order valence-electron chi connectivity index (χ2n) is 8.83. The first-order chi connectivity index (χ1) is 15.8. The molecule has 0 spiro atoms. The number of thioether (sulfide) groups is 1. The number of hydrogen-bond donors (Lipinski definition) is 1. The molecule has 1 N–H and O–H groups in total. The highest BCUT2D eigenvalue weighted by Crippen LogP contribution is 2.38. The molecule has 4 nitrogen and oxygen atoms in total. The minimum absolute atomic E-state index is 0.0196. The lowest BCUT2D eigenvalue weighted by Crippen LogP contribution is -2.17. The lowest BCUT2D eigenvalue weighted by molar-refractivity contribution is -0.113. The van der Waals surface area contributed by atoms with Crippen LogP contribution in [0.1, 0.15) is 56.2 Å². The molecule has 4 rings (SSSR count). The Balaban J connectivity index is 1.58. The Kier molecular flexibility index (Phi) is 7.15. The fourth-order valence-electron chi connectivity index (χ4n) is 3.91. The Morgan fingerprint density at radius 1 is 1.00 bits per heavy atom. The van der Waals surface area contributed by atoms with E-state index in [1.54, 1.807) is 17.7 Å². The van der Waals surface area contributed by atoms with Gasteiger partial charge in [-0.2, -0.15) is 0 Å². The van der Waals surface area contributed by atoms with Gasteiger partial charge in [0.1, 0.15) is 16.2 Å². The summed E-state index contributed by atoms with van der Waals surface area (Å²) in [6.45, 7) is 10.7. The highest BCUT2D eigenvalue weighted by atomic mass is 32.2. The molecule has 0 unspecified atom stereocenters. The smallest absolute Gasteiger partial charge is 0.234 e. The number of hydrogen-bond acceptors (Lipinski definition) is 5. The summed E-state index contributed by atoms with van der Waals surface area (Å²) in [5, 5.41) is 7.20. The Hall–Kier alpha value is -2.70. The Morgan fingerprint density at radius 2 is 1.67 bits per heavy atom. The fraction of sp³-hybridized carbons (Fsp3) is 0.296. The van der Waals surface area contributed by atoms with Crippen LogP contribution in [0.2, 0.25) is 0 Å². The zero-order chi connectivity index (χ0) is 23.5. The number of fused-ring (bicyclic) bond motifs is 1. The maximum absolute atomic E-state index is 13.0. The maximum Gasteiger partial charge on any atom is 0.234 e. The summed E-state index contributed by atoms with van der Waals surface area (Å²) in [6, 6.07) is 14.8. The Bertz CT molecular complexity index is 1250. The van der Waals surface area contributed by atoms with Gasteiger partial charge in [-0.1, -0.05) is 87.5 Å². The zero-order valence-corrected chi connectivity index (χ0v) is 21.3. The number of carbonyl (C=O) groups is 1. The van der Waals surface area contributed by atoms with E-state index in [1.807, 2.05) is 0 Å². The minimum Gasteiger partial charge on any atom is -0.325 e. The molecule has 170 valence electrons. The van der Waals surface area contributed by atoms with E-state index >= 15 is 0 Å². The van der Waals surface area contributed by atoms with E-state index < -0.39 is 0 Å². The molecule has 2 aromatic heterocycles. The fourth-order valence-corrected chi connectivity index (χ4v) is 5.70. The predicted octanol–water partition coefficient (Wildman–Crippen LogP) is 7.64. The average Bonchev–Trinajstić information content (AvgIpc) is 3.23. The van der Waals surface area contributed by atoms with Crippen molar-refractivity contribution in [2.45, 2.75) is 51.5 Å². The molecule has 4 aromatic rings. The van der Waals surface area contributed by atoms with E-state index in [1.165, 1.54) is 28.5 Å². The summed E-state index contributed by atoms with van der Waals surface area (Å²) in [6.07, 6.45) is 1.59. The number of anilines is 1. The van der Waals surface area contributed by atoms with Gasteiger partial charge in [-0.05, 0) is 35.4 Å². The molecule has 2 heterocycles. The van der Waals surface area contributed by atoms with Crippen LogP contribution < -0.4 is 5.32 Å². The van der Waals surface area contributed by atoms with E-state index in [2.05, 4.69) is 97.7 Å². The van der Waals surface area contributed by atoms with Crippen molar-refractivity contribution in [3.63, 3.8) is 0 Å². The van der Waals surface area contributed by atoms with Gasteiger partial charge in [0.15, 0.2) is 0 Å². The third-order valence-electron chi connectivity index (χ3n) is 5.68. The van der Waals surface area contributed by atoms with Crippen molar-refractivity contribution in [1.29, 1.82) is 0 Å². The van der Waals surface area contributed by atoms with Crippen molar-refractivity contribution in [2.75, 3.05) is 11.1 Å². The topological polar surface area (TPSA) is 54.9 Å². The van der Waals surface area contributed by atoms with E-state index in [9.17, 15) is 4.79 Å². The second-order valence-corrected chi connectivity index (χ2v) is 10.7. The first kappa shape index (κ1) is 23.5. The van der Waals surface area contributed by atoms with Gasteiger partial charge in [-0.25, -0.2) is 9.97 Å². The number of benzene rings is 2. The monoisotopic (exact) mass is 475 g/mol. The van der Waals surface area contributed by atoms with Crippen molar-refractivity contribution in [2.24, 2.45) is 0 Å². The molecule has 6 heteroatoms. The number of para-hydroxylation sites is 1. The number of rotatable bonds is 7. The molecule has 0 radical (unpaired) electrons. The largest absolute Gasteiger partial charge is 0.325 e. The summed E-state index contributed by atoms with van der Waals surface area (Å²) in [5.74, 6) is 0.931. The molecule has 1 amide bonds. The van der Waals surface area contributed by atoms with Gasteiger partial charge in [-0.15, -0.1) is 11.3 Å². The van der Waals surface area contributed by atoms with Crippen LogP contribution in [-0.2, 0) is 4.79 Å². The number of nitrogens with zero attached hydrogens (tertiary/aromatic N) is 2. The molecule has 0 atom stereocenters. The second kappa shape index (κ2) is 10.1. The molecule has 0 aliphatic rings. The van der Waals surface area contributed by atoms with E-state index in [-0.39, 0.29) is 5.91 Å². The number of aromatic nitrogens is 2. The SMILES string of the molecule is Cc1ccc(-c2csc3ncnc(SCC(=O)Nc4c(C(C)C)cccc4C(C)C)c23)cc1. The third-order valence-corrected chi connectivity index (χ3v) is 7.55. The van der Waals surface area contributed by atoms with Crippen molar-refractivity contribution in [3.05, 3.63) is 70.9 Å². The lowest BCUT2D eigenvalue weighted by atomic mass is 9.92. The van der Waals surface area contributed by atoms with Crippen molar-refractivity contribution in [1.82, 2.24) is 9.97 Å². The summed E-state index contributed by atoms with van der Waals surface area (Å²) in [7, 11) is 0. The zero-order valence-electron chi connectivity index (χ0n) is 19.7. The average molecular weight is 476 g/mol. The number of thiophene rings is 1. The van der Waals surface area contributed by atoms with Crippen LogP contribution in [0, 0.1) is 6.92 Å². The molecule has 33 heavy (non-hydrogen) atoms. The maximum atomic E-state index is 13.0. The first-order valence-electron chi connectivity index (χ1n) is 11.2. The van der Waals surface area contributed by atoms with Crippen molar-refractivity contribution < 1.29 is 4.79 Å². The number of nitrogens with one attached hydrogen (secondary N) is 1. The number of carbonyl (C=O) groups excluding carboxylic acids is 1. The highest BCUT2D eigenvalue weighted by molar-refractivity contribution is 8.00. The van der Waals surface area contributed by atoms with Gasteiger partial charge in [0.2, 0.25) is 5.91 Å². The molecule has 0 aliphatic carbocycles. The van der Waals surface area contributed by atoms with Gasteiger partial charge < -0.3 is 5.32 Å². The van der Waals surface area contributed by atoms with Gasteiger partial charge in [-0.3, -0.25) is 4.79 Å². The van der Waals surface area contributed by atoms with Crippen LogP contribution in [0.5, 0.6) is 0 Å². The van der Waals surface area contributed by atoms with E-state index in [0.29, 0.717) is 17.6 Å². The van der Waals surface area contributed by atoms with Crippen molar-refractivity contribution in [3.8, 4) is 11.1 Å². The van der Waals surface area contributed by atoms with Crippen LogP contribution in [0.3, 0.4) is 0 Å². The molecule has 2 aromatic carbocycles. The molecule has 0 bridgehead atoms. The van der Waals surface area contributed by atoms with Crippen molar-refractivity contribution >= 4 is 44.9 Å². The normalized spacial score (nSPS) is 11.5. The molecule has 0 fully saturated rings. The van der Waals surface area contributed by atoms with Crippen LogP contribution in [0.25, 0.3) is 21.3 Å². The summed E-state index contributed by atoms with van der Waals surface area (Å²) >= 11 is 3.08. The summed E-state index contributed by atoms with van der Waals surface area (Å²) in [5.41, 5.74) is 6.78. The first-order valence-corrected chi connectivity index (χ1v) is 13.1. The minimum atomic E-state index is -0.0196. The van der Waals surface area contributed by atoms with E-state index in [4.69, 9.17) is 0 Å². The quantitative estimate of drug-likeness (QED) is 0.220. The molecule has 0 saturated heterocycles. The standard InChI is InChI=1S/C27H29N3OS2/c1-16(2)20-7-6-8-21(17(3)4)25(20)30-23(31)14-33-27-24-22(13-32-26(24)28-15-29-27)19-11-9-18(5)10-12-19/h6-13,15-17H,14H2,1-5H3,(H,30,31). The number of aryl methyl sites for hydroxylation is 1. The van der Waals surface area contributed by atoms with Gasteiger partial charge in [0.05, 0.1) is 11.1 Å². The van der Waals surface area contributed by atoms with Gasteiger partial charge >= 0.3 is 0 Å². The third kappa shape index (κ3) is 5.12. The molecular weight excluding hydrogens is 446 g/mol. The summed E-state index contributed by atoms with van der Waals surface area (Å²) in [4.78, 5) is 23.0. The Labute approximate surface area is 203 Å². The van der Waals surface area contributed by atoms with Crippen LogP contribution in [-0.4, -0.2) is 21.6 Å². The van der Waals surface area contributed by atoms with E-state index in [0.717, 1.165) is 32.1 Å². The van der Waals surface area contributed by atoms with Crippen LogP contribution in [0.15, 0.2) is 59.2 Å².